The van der Waals surface area contributed by atoms with Gasteiger partial charge in [-0.05, 0) is 23.8 Å². The molecule has 0 radical (unpaired) electrons. The molecule has 102 valence electrons. The van der Waals surface area contributed by atoms with Gasteiger partial charge in [0.1, 0.15) is 4.66 Å². The molecule has 0 unspecified atom stereocenters. The number of benzene rings is 1. The molecule has 0 bridgehead atoms. The van der Waals surface area contributed by atoms with Crippen LogP contribution in [0.4, 0.5) is 0 Å². The Morgan fingerprint density at radius 1 is 1.50 bits per heavy atom. The van der Waals surface area contributed by atoms with Crippen molar-refractivity contribution in [2.45, 2.75) is 0 Å². The number of nitrogens with zero attached hydrogens (tertiary/aromatic N) is 2. The van der Waals surface area contributed by atoms with Crippen LogP contribution in [0.5, 0.6) is 11.5 Å². The van der Waals surface area contributed by atoms with E-state index in [9.17, 15) is 9.90 Å². The van der Waals surface area contributed by atoms with Crippen LogP contribution in [0.3, 0.4) is 0 Å². The van der Waals surface area contributed by atoms with E-state index in [-0.39, 0.29) is 11.3 Å². The number of hydrogen-bond acceptors (Lipinski definition) is 5. The molecule has 0 aliphatic heterocycles. The van der Waals surface area contributed by atoms with Crippen molar-refractivity contribution < 1.29 is 9.84 Å². The van der Waals surface area contributed by atoms with Gasteiger partial charge in [0.05, 0.1) is 17.7 Å². The molecule has 1 aromatic heterocycles. The number of ether oxygens (including phenoxy) is 1. The Hall–Kier alpha value is -2.52. The molecule has 0 fully saturated rings. The first kappa shape index (κ1) is 13.9. The Morgan fingerprint density at radius 3 is 2.85 bits per heavy atom. The Bertz CT molecular complexity index is 856. The smallest absolute Gasteiger partial charge is 0.268 e. The van der Waals surface area contributed by atoms with Crippen LogP contribution in [0.25, 0.3) is 12.2 Å². The summed E-state index contributed by atoms with van der Waals surface area (Å²) in [6.07, 6.45) is 3.00. The number of thiazole rings is 1. The van der Waals surface area contributed by atoms with Crippen molar-refractivity contribution in [3.63, 3.8) is 0 Å². The highest BCUT2D eigenvalue weighted by Crippen LogP contribution is 2.26. The van der Waals surface area contributed by atoms with Gasteiger partial charge in [0.2, 0.25) is 0 Å². The predicted octanol–water partition coefficient (Wildman–Crippen LogP) is 0.294. The molecule has 1 aromatic carbocycles. The van der Waals surface area contributed by atoms with Crippen molar-refractivity contribution in [3.05, 3.63) is 43.3 Å². The van der Waals surface area contributed by atoms with Gasteiger partial charge in [0, 0.05) is 13.1 Å². The quantitative estimate of drug-likeness (QED) is 0.862. The van der Waals surface area contributed by atoms with E-state index >= 15 is 0 Å². The fourth-order valence-electron chi connectivity index (χ4n) is 1.71. The van der Waals surface area contributed by atoms with Gasteiger partial charge in [-0.15, -0.1) is 11.3 Å². The molecule has 0 aliphatic rings. The minimum absolute atomic E-state index is 0.0124. The lowest BCUT2D eigenvalue weighted by Gasteiger charge is -2.02. The standard InChI is InChI=1S/C14H12N2O3S/c1-16-13(5-6-15)20-12(14(16)18)8-9-3-4-11(19-2)10(17)7-9/h3-5,7-8,17H,1-2H3/b12-8-,13-5-. The molecule has 2 rings (SSSR count). The van der Waals surface area contributed by atoms with Crippen molar-refractivity contribution in [3.8, 4) is 17.6 Å². The van der Waals surface area contributed by atoms with Gasteiger partial charge < -0.3 is 14.4 Å². The van der Waals surface area contributed by atoms with Crippen molar-refractivity contribution in [1.29, 1.82) is 5.26 Å². The van der Waals surface area contributed by atoms with Crippen LogP contribution in [0, 0.1) is 11.3 Å². The van der Waals surface area contributed by atoms with E-state index in [2.05, 4.69) is 0 Å². The van der Waals surface area contributed by atoms with Crippen LogP contribution >= 0.6 is 11.3 Å². The number of rotatable bonds is 2. The van der Waals surface area contributed by atoms with E-state index in [0.29, 0.717) is 20.5 Å². The molecule has 0 aliphatic carbocycles. The molecule has 2 aromatic rings. The molecule has 0 saturated heterocycles. The Balaban J connectivity index is 2.60. The number of phenols is 1. The van der Waals surface area contributed by atoms with Crippen LogP contribution in [-0.4, -0.2) is 16.8 Å². The Morgan fingerprint density at radius 2 is 2.25 bits per heavy atom. The molecule has 0 amide bonds. The molecular weight excluding hydrogens is 276 g/mol. The van der Waals surface area contributed by atoms with Crippen molar-refractivity contribution >= 4 is 23.5 Å². The Kier molecular flexibility index (Phi) is 3.91. The normalized spacial score (nSPS) is 12.4. The second-order valence-corrected chi connectivity index (χ2v) is 5.08. The molecule has 5 nitrogen and oxygen atoms in total. The highest BCUT2D eigenvalue weighted by Gasteiger charge is 2.03. The number of hydrogen-bond donors (Lipinski definition) is 1. The van der Waals surface area contributed by atoms with E-state index in [0.717, 1.165) is 0 Å². The zero-order chi connectivity index (χ0) is 14.7. The largest absolute Gasteiger partial charge is 0.504 e. The number of aromatic nitrogens is 1. The van der Waals surface area contributed by atoms with E-state index in [1.807, 2.05) is 6.07 Å². The zero-order valence-electron chi connectivity index (χ0n) is 11.0. The first-order chi connectivity index (χ1) is 9.56. The van der Waals surface area contributed by atoms with E-state index in [1.165, 1.54) is 35.2 Å². The average molecular weight is 288 g/mol. The summed E-state index contributed by atoms with van der Waals surface area (Å²) in [5.41, 5.74) is 0.512. The summed E-state index contributed by atoms with van der Waals surface area (Å²) in [6, 6.07) is 6.80. The summed E-state index contributed by atoms with van der Waals surface area (Å²) >= 11 is 1.23. The number of methoxy groups -OCH3 is 1. The molecule has 1 heterocycles. The SMILES string of the molecule is COc1ccc(/C=c2\s/c(=C\C#N)n(C)c2=O)cc1O. The third kappa shape index (κ3) is 2.58. The monoisotopic (exact) mass is 288 g/mol. The van der Waals surface area contributed by atoms with Gasteiger partial charge in [0.25, 0.3) is 5.56 Å². The third-order valence-corrected chi connectivity index (χ3v) is 3.86. The van der Waals surface area contributed by atoms with E-state index in [1.54, 1.807) is 25.3 Å². The lowest BCUT2D eigenvalue weighted by molar-refractivity contribution is 0.373. The zero-order valence-corrected chi connectivity index (χ0v) is 11.8. The maximum Gasteiger partial charge on any atom is 0.268 e. The summed E-state index contributed by atoms with van der Waals surface area (Å²) in [5, 5.41) is 18.4. The van der Waals surface area contributed by atoms with Gasteiger partial charge in [-0.25, -0.2) is 0 Å². The highest BCUT2D eigenvalue weighted by atomic mass is 32.1. The minimum atomic E-state index is -0.174. The van der Waals surface area contributed by atoms with Crippen LogP contribution in [0.2, 0.25) is 0 Å². The average Bonchev–Trinajstić information content (AvgIpc) is 2.68. The third-order valence-electron chi connectivity index (χ3n) is 2.75. The maximum absolute atomic E-state index is 12.0. The molecule has 6 heteroatoms. The van der Waals surface area contributed by atoms with Crippen molar-refractivity contribution in [2.75, 3.05) is 7.11 Å². The molecule has 0 saturated carbocycles. The van der Waals surface area contributed by atoms with Gasteiger partial charge in [0.15, 0.2) is 11.5 Å². The van der Waals surface area contributed by atoms with Crippen molar-refractivity contribution in [1.82, 2.24) is 4.57 Å². The van der Waals surface area contributed by atoms with Crippen LogP contribution < -0.4 is 19.5 Å². The summed E-state index contributed by atoms with van der Waals surface area (Å²) in [5.74, 6) is 0.387. The lowest BCUT2D eigenvalue weighted by Crippen LogP contribution is -2.28. The predicted molar refractivity (Wildman–Crippen MR) is 77.1 cm³/mol. The second kappa shape index (κ2) is 5.63. The number of aromatic hydroxyl groups is 1. The van der Waals surface area contributed by atoms with Gasteiger partial charge >= 0.3 is 0 Å². The minimum Gasteiger partial charge on any atom is -0.504 e. The summed E-state index contributed by atoms with van der Waals surface area (Å²) in [7, 11) is 3.09. The molecule has 20 heavy (non-hydrogen) atoms. The van der Waals surface area contributed by atoms with Gasteiger partial charge in [-0.1, -0.05) is 6.07 Å². The first-order valence-electron chi connectivity index (χ1n) is 5.71. The Labute approximate surface area is 118 Å². The van der Waals surface area contributed by atoms with Crippen LogP contribution in [0.15, 0.2) is 23.0 Å². The van der Waals surface area contributed by atoms with E-state index in [4.69, 9.17) is 10.00 Å². The fraction of sp³-hybridized carbons (Fsp3) is 0.143. The topological polar surface area (TPSA) is 75.2 Å². The van der Waals surface area contributed by atoms with Gasteiger partial charge in [-0.2, -0.15) is 5.26 Å². The first-order valence-corrected chi connectivity index (χ1v) is 6.53. The summed E-state index contributed by atoms with van der Waals surface area (Å²) in [4.78, 5) is 12.0. The number of nitriles is 1. The van der Waals surface area contributed by atoms with Gasteiger partial charge in [-0.3, -0.25) is 4.79 Å². The summed E-state index contributed by atoms with van der Waals surface area (Å²) in [6.45, 7) is 0. The van der Waals surface area contributed by atoms with Crippen LogP contribution in [-0.2, 0) is 7.05 Å². The lowest BCUT2D eigenvalue weighted by atomic mass is 10.2. The van der Waals surface area contributed by atoms with Crippen molar-refractivity contribution in [2.24, 2.45) is 7.05 Å². The highest BCUT2D eigenvalue weighted by molar-refractivity contribution is 7.07. The van der Waals surface area contributed by atoms with E-state index < -0.39 is 0 Å². The summed E-state index contributed by atoms with van der Waals surface area (Å²) < 4.78 is 7.46. The number of phenolic OH excluding ortho intramolecular Hbond substituents is 1. The fourth-order valence-corrected chi connectivity index (χ4v) is 2.69. The molecule has 1 N–H and O–H groups in total. The molecular formula is C14H12N2O3S. The second-order valence-electron chi connectivity index (χ2n) is 4.02. The molecule has 0 atom stereocenters. The maximum atomic E-state index is 12.0. The molecule has 0 spiro atoms. The van der Waals surface area contributed by atoms with Crippen LogP contribution in [0.1, 0.15) is 5.56 Å².